The van der Waals surface area contributed by atoms with Crippen LogP contribution >= 0.6 is 0 Å². The second-order valence-corrected chi connectivity index (χ2v) is 3.59. The number of rotatable bonds is 7. The molecule has 6 N–H and O–H groups in total. The van der Waals surface area contributed by atoms with Crippen molar-refractivity contribution in [1.29, 1.82) is 0 Å². The third-order valence-corrected chi connectivity index (χ3v) is 2.10. The van der Waals surface area contributed by atoms with Gasteiger partial charge in [-0.05, 0) is 19.4 Å². The van der Waals surface area contributed by atoms with Crippen molar-refractivity contribution in [3.05, 3.63) is 0 Å². The Bertz CT molecular complexity index is 192. The molecule has 6 nitrogen and oxygen atoms in total. The van der Waals surface area contributed by atoms with E-state index in [1.54, 1.807) is 0 Å². The van der Waals surface area contributed by atoms with Crippen molar-refractivity contribution in [3.63, 3.8) is 0 Å². The van der Waals surface area contributed by atoms with Crippen molar-refractivity contribution in [2.75, 3.05) is 20.0 Å². The summed E-state index contributed by atoms with van der Waals surface area (Å²) >= 11 is 0. The highest BCUT2D eigenvalue weighted by molar-refractivity contribution is 6.41. The second kappa shape index (κ2) is 7.64. The Labute approximate surface area is 90.4 Å². The minimum Gasteiger partial charge on any atom is -0.426 e. The highest BCUT2D eigenvalue weighted by atomic mass is 16.4. The van der Waals surface area contributed by atoms with Crippen LogP contribution in [0.1, 0.15) is 19.3 Å². The number of hydrogen-bond acceptors (Lipinski definition) is 5. The van der Waals surface area contributed by atoms with Crippen LogP contribution in [0.5, 0.6) is 0 Å². The normalized spacial score (nSPS) is 12.3. The maximum atomic E-state index is 11.5. The van der Waals surface area contributed by atoms with Crippen molar-refractivity contribution in [2.24, 2.45) is 11.5 Å². The third-order valence-electron chi connectivity index (χ3n) is 2.10. The molecule has 0 aliphatic heterocycles. The molecule has 0 radical (unpaired) electrons. The van der Waals surface area contributed by atoms with Crippen LogP contribution in [0, 0.1) is 0 Å². The SMILES string of the molecule is CN(CB(O)O)C(=O)[C@@H](N)CCCCN. The molecule has 0 saturated carbocycles. The number of carbonyl (C=O) groups is 1. The van der Waals surface area contributed by atoms with E-state index in [-0.39, 0.29) is 12.4 Å². The number of nitrogens with two attached hydrogens (primary N) is 2. The zero-order chi connectivity index (χ0) is 11.8. The van der Waals surface area contributed by atoms with E-state index in [4.69, 9.17) is 21.5 Å². The average molecular weight is 217 g/mol. The Morgan fingerprint density at radius 1 is 1.47 bits per heavy atom. The summed E-state index contributed by atoms with van der Waals surface area (Å²) < 4.78 is 0. The van der Waals surface area contributed by atoms with Crippen LogP contribution in [-0.2, 0) is 4.79 Å². The molecule has 0 rings (SSSR count). The van der Waals surface area contributed by atoms with E-state index < -0.39 is 13.2 Å². The second-order valence-electron chi connectivity index (χ2n) is 3.59. The van der Waals surface area contributed by atoms with Crippen LogP contribution in [0.4, 0.5) is 0 Å². The van der Waals surface area contributed by atoms with Crippen LogP contribution in [0.3, 0.4) is 0 Å². The van der Waals surface area contributed by atoms with Gasteiger partial charge in [-0.3, -0.25) is 4.79 Å². The van der Waals surface area contributed by atoms with Crippen molar-refractivity contribution >= 4 is 13.0 Å². The Balaban J connectivity index is 3.85. The molecule has 0 fully saturated rings. The minimum atomic E-state index is -1.52. The van der Waals surface area contributed by atoms with Gasteiger partial charge in [-0.1, -0.05) is 6.42 Å². The fourth-order valence-corrected chi connectivity index (χ4v) is 1.25. The molecule has 0 aromatic heterocycles. The van der Waals surface area contributed by atoms with Gasteiger partial charge in [0.2, 0.25) is 5.91 Å². The summed E-state index contributed by atoms with van der Waals surface area (Å²) in [7, 11) is -0.0277. The zero-order valence-corrected chi connectivity index (χ0v) is 9.09. The minimum absolute atomic E-state index is 0.122. The number of nitrogens with zero attached hydrogens (tertiary/aromatic N) is 1. The summed E-state index contributed by atoms with van der Waals surface area (Å²) in [6.07, 6.45) is 2.09. The van der Waals surface area contributed by atoms with Gasteiger partial charge in [0.25, 0.3) is 0 Å². The van der Waals surface area contributed by atoms with Gasteiger partial charge in [0, 0.05) is 7.05 Å². The van der Waals surface area contributed by atoms with Crippen LogP contribution in [0.15, 0.2) is 0 Å². The van der Waals surface area contributed by atoms with E-state index in [0.717, 1.165) is 12.8 Å². The topological polar surface area (TPSA) is 113 Å². The molecular weight excluding hydrogens is 197 g/mol. The Morgan fingerprint density at radius 2 is 2.07 bits per heavy atom. The molecule has 0 aromatic carbocycles. The Hall–Kier alpha value is -0.625. The van der Waals surface area contributed by atoms with E-state index in [9.17, 15) is 4.79 Å². The molecule has 0 heterocycles. The summed E-state index contributed by atoms with van der Waals surface area (Å²) in [6.45, 7) is 0.589. The van der Waals surface area contributed by atoms with Gasteiger partial charge >= 0.3 is 7.12 Å². The van der Waals surface area contributed by atoms with Crippen molar-refractivity contribution in [2.45, 2.75) is 25.3 Å². The monoisotopic (exact) mass is 217 g/mol. The molecule has 7 heteroatoms. The maximum absolute atomic E-state index is 11.5. The molecule has 88 valence electrons. The zero-order valence-electron chi connectivity index (χ0n) is 9.09. The van der Waals surface area contributed by atoms with Gasteiger partial charge < -0.3 is 26.4 Å². The summed E-state index contributed by atoms with van der Waals surface area (Å²) in [5.41, 5.74) is 11.0. The van der Waals surface area contributed by atoms with Crippen LogP contribution in [0.2, 0.25) is 0 Å². The van der Waals surface area contributed by atoms with Gasteiger partial charge in [0.05, 0.1) is 12.5 Å². The summed E-state index contributed by atoms with van der Waals surface area (Å²) in [4.78, 5) is 12.7. The van der Waals surface area contributed by atoms with Gasteiger partial charge in [0.1, 0.15) is 0 Å². The largest absolute Gasteiger partial charge is 0.472 e. The predicted molar refractivity (Wildman–Crippen MR) is 58.7 cm³/mol. The molecule has 15 heavy (non-hydrogen) atoms. The highest BCUT2D eigenvalue weighted by Crippen LogP contribution is 2.01. The van der Waals surface area contributed by atoms with E-state index in [1.807, 2.05) is 0 Å². The molecule has 1 amide bonds. The lowest BCUT2D eigenvalue weighted by Gasteiger charge is -2.20. The summed E-state index contributed by atoms with van der Waals surface area (Å²) in [5.74, 6) is -0.278. The summed E-state index contributed by atoms with van der Waals surface area (Å²) in [6, 6.07) is -0.583. The number of amides is 1. The Kier molecular flexibility index (Phi) is 7.32. The fraction of sp³-hybridized carbons (Fsp3) is 0.875. The highest BCUT2D eigenvalue weighted by Gasteiger charge is 2.21. The first-order valence-corrected chi connectivity index (χ1v) is 5.05. The fourth-order valence-electron chi connectivity index (χ4n) is 1.25. The van der Waals surface area contributed by atoms with Crippen LogP contribution in [-0.4, -0.2) is 54.1 Å². The Morgan fingerprint density at radius 3 is 2.53 bits per heavy atom. The van der Waals surface area contributed by atoms with Crippen LogP contribution in [0.25, 0.3) is 0 Å². The van der Waals surface area contributed by atoms with Crippen LogP contribution < -0.4 is 11.5 Å². The van der Waals surface area contributed by atoms with Gasteiger partial charge in [-0.15, -0.1) is 0 Å². The molecule has 0 aliphatic rings. The lowest BCUT2D eigenvalue weighted by molar-refractivity contribution is -0.130. The van der Waals surface area contributed by atoms with Crippen molar-refractivity contribution < 1.29 is 14.8 Å². The molecule has 1 atom stereocenters. The van der Waals surface area contributed by atoms with E-state index >= 15 is 0 Å². The third kappa shape index (κ3) is 6.45. The van der Waals surface area contributed by atoms with Crippen molar-refractivity contribution in [3.8, 4) is 0 Å². The first kappa shape index (κ1) is 14.4. The van der Waals surface area contributed by atoms with E-state index in [2.05, 4.69) is 0 Å². The quantitative estimate of drug-likeness (QED) is 0.288. The van der Waals surface area contributed by atoms with Gasteiger partial charge in [-0.2, -0.15) is 0 Å². The average Bonchev–Trinajstić information content (AvgIpc) is 2.15. The standard InChI is InChI=1S/C8H20BN3O3/c1-12(6-9(14)15)8(13)7(11)4-2-3-5-10/h7,14-15H,2-6,10-11H2,1H3/t7-/m0/s1. The lowest BCUT2D eigenvalue weighted by Crippen LogP contribution is -2.45. The van der Waals surface area contributed by atoms with Gasteiger partial charge in [0.15, 0.2) is 0 Å². The van der Waals surface area contributed by atoms with E-state index in [1.165, 1.54) is 11.9 Å². The van der Waals surface area contributed by atoms with Crippen molar-refractivity contribution in [1.82, 2.24) is 4.90 Å². The molecule has 0 aromatic rings. The number of hydrogen-bond donors (Lipinski definition) is 4. The first-order chi connectivity index (χ1) is 6.99. The molecular formula is C8H20BN3O3. The van der Waals surface area contributed by atoms with Gasteiger partial charge in [-0.25, -0.2) is 0 Å². The smallest absolute Gasteiger partial charge is 0.426 e. The predicted octanol–water partition coefficient (Wildman–Crippen LogP) is -2.09. The maximum Gasteiger partial charge on any atom is 0.472 e. The molecule has 0 bridgehead atoms. The molecule has 0 spiro atoms. The molecule has 0 unspecified atom stereocenters. The first-order valence-electron chi connectivity index (χ1n) is 5.05. The van der Waals surface area contributed by atoms with E-state index in [0.29, 0.717) is 13.0 Å². The summed E-state index contributed by atoms with van der Waals surface area (Å²) in [5, 5.41) is 17.3. The number of carbonyl (C=O) groups excluding carboxylic acids is 1. The number of unbranched alkanes of at least 4 members (excludes halogenated alkanes) is 1. The molecule has 0 saturated heterocycles. The molecule has 0 aliphatic carbocycles. The lowest BCUT2D eigenvalue weighted by atomic mass is 9.91. The number of likely N-dealkylation sites (N-methyl/N-ethyl adjacent to an activating group) is 1.